The molecule has 1 amide bonds. The number of carbonyl (C=O) groups is 2. The summed E-state index contributed by atoms with van der Waals surface area (Å²) < 4.78 is 12.3. The number of likely N-dealkylation sites (tertiary alicyclic amines) is 1. The van der Waals surface area contributed by atoms with Crippen molar-refractivity contribution in [2.75, 3.05) is 33.4 Å². The number of nitrogens with zero attached hydrogens (tertiary/aromatic N) is 3. The van der Waals surface area contributed by atoms with Crippen LogP contribution in [0.4, 0.5) is 0 Å². The van der Waals surface area contributed by atoms with Crippen LogP contribution in [0.25, 0.3) is 5.69 Å². The molecule has 2 aliphatic rings. The van der Waals surface area contributed by atoms with Crippen molar-refractivity contribution in [1.82, 2.24) is 14.7 Å². The molecule has 148 valence electrons. The van der Waals surface area contributed by atoms with E-state index in [0.717, 1.165) is 17.1 Å². The van der Waals surface area contributed by atoms with Gasteiger partial charge in [0.15, 0.2) is 5.69 Å². The first-order valence-corrected chi connectivity index (χ1v) is 9.26. The number of aromatic nitrogens is 2. The third-order valence-electron chi connectivity index (χ3n) is 5.84. The number of carbonyl (C=O) groups excluding carboxylic acids is 1. The molecular formula is C20H23N3O5. The summed E-state index contributed by atoms with van der Waals surface area (Å²) in [5.41, 5.74) is 1.04. The highest BCUT2D eigenvalue weighted by Crippen LogP contribution is 2.42. The Labute approximate surface area is 162 Å². The Balaban J connectivity index is 1.58. The molecule has 0 saturated carbocycles. The zero-order valence-electron chi connectivity index (χ0n) is 15.9. The molecule has 2 atom stereocenters. The standard InChI is InChI=1S/C20H23N3O5/c1-13-9-17(21-23(13)15-3-5-16(27-2)6-4-15)18(24)22-10-14-11-28-8-7-20(14,12-22)19(25)26/h3-6,9,14H,7-8,10-12H2,1-2H3,(H,25,26)/t14-,20+/m0/s1. The van der Waals surface area contributed by atoms with E-state index < -0.39 is 11.4 Å². The topological polar surface area (TPSA) is 93.9 Å². The van der Waals surface area contributed by atoms with Crippen molar-refractivity contribution < 1.29 is 24.2 Å². The van der Waals surface area contributed by atoms with Crippen molar-refractivity contribution >= 4 is 11.9 Å². The molecule has 4 rings (SSSR count). The van der Waals surface area contributed by atoms with Crippen LogP contribution in [0.2, 0.25) is 0 Å². The van der Waals surface area contributed by atoms with Crippen LogP contribution in [-0.4, -0.2) is 65.1 Å². The van der Waals surface area contributed by atoms with E-state index in [-0.39, 0.29) is 18.4 Å². The Morgan fingerprint density at radius 1 is 1.32 bits per heavy atom. The van der Waals surface area contributed by atoms with Gasteiger partial charge in [-0.05, 0) is 43.7 Å². The molecule has 1 N–H and O–H groups in total. The van der Waals surface area contributed by atoms with Gasteiger partial charge in [0.05, 0.1) is 24.8 Å². The van der Waals surface area contributed by atoms with Crippen LogP contribution in [0.15, 0.2) is 30.3 Å². The van der Waals surface area contributed by atoms with Crippen molar-refractivity contribution in [1.29, 1.82) is 0 Å². The zero-order valence-corrected chi connectivity index (χ0v) is 15.9. The van der Waals surface area contributed by atoms with Gasteiger partial charge in [0.25, 0.3) is 5.91 Å². The lowest BCUT2D eigenvalue weighted by molar-refractivity contribution is -0.157. The third kappa shape index (κ3) is 2.93. The molecule has 0 spiro atoms. The van der Waals surface area contributed by atoms with E-state index in [1.165, 1.54) is 0 Å². The number of aliphatic carboxylic acids is 1. The Bertz CT molecular complexity index is 907. The fourth-order valence-corrected chi connectivity index (χ4v) is 4.18. The quantitative estimate of drug-likeness (QED) is 0.862. The number of amides is 1. The Hall–Kier alpha value is -2.87. The minimum atomic E-state index is -0.915. The van der Waals surface area contributed by atoms with Gasteiger partial charge in [0.2, 0.25) is 0 Å². The monoisotopic (exact) mass is 385 g/mol. The number of rotatable bonds is 4. The van der Waals surface area contributed by atoms with Crippen molar-refractivity contribution in [2.24, 2.45) is 11.3 Å². The molecule has 2 aromatic rings. The van der Waals surface area contributed by atoms with Gasteiger partial charge < -0.3 is 19.5 Å². The number of hydrogen-bond donors (Lipinski definition) is 1. The first-order valence-electron chi connectivity index (χ1n) is 9.26. The molecule has 8 nitrogen and oxygen atoms in total. The summed E-state index contributed by atoms with van der Waals surface area (Å²) in [6, 6.07) is 9.14. The second kappa shape index (κ2) is 6.94. The number of benzene rings is 1. The average molecular weight is 385 g/mol. The molecule has 0 radical (unpaired) electrons. The number of aryl methyl sites for hydroxylation is 1. The molecule has 3 heterocycles. The van der Waals surface area contributed by atoms with Crippen LogP contribution in [0.5, 0.6) is 5.75 Å². The van der Waals surface area contributed by atoms with E-state index in [0.29, 0.717) is 31.9 Å². The first kappa shape index (κ1) is 18.5. The van der Waals surface area contributed by atoms with Gasteiger partial charge in [-0.2, -0.15) is 5.10 Å². The van der Waals surface area contributed by atoms with Crippen LogP contribution in [-0.2, 0) is 9.53 Å². The molecule has 28 heavy (non-hydrogen) atoms. The van der Waals surface area contributed by atoms with E-state index in [2.05, 4.69) is 5.10 Å². The zero-order chi connectivity index (χ0) is 19.9. The van der Waals surface area contributed by atoms with Crippen LogP contribution < -0.4 is 4.74 Å². The molecule has 0 unspecified atom stereocenters. The number of carboxylic acid groups (broad SMARTS) is 1. The molecule has 0 aliphatic carbocycles. The molecule has 1 aromatic carbocycles. The van der Waals surface area contributed by atoms with Crippen molar-refractivity contribution in [3.05, 3.63) is 41.7 Å². The highest BCUT2D eigenvalue weighted by molar-refractivity contribution is 5.93. The summed E-state index contributed by atoms with van der Waals surface area (Å²) in [6.07, 6.45) is 0.427. The van der Waals surface area contributed by atoms with Crippen molar-refractivity contribution in [2.45, 2.75) is 13.3 Å². The second-order valence-corrected chi connectivity index (χ2v) is 7.45. The summed E-state index contributed by atoms with van der Waals surface area (Å²) >= 11 is 0. The lowest BCUT2D eigenvalue weighted by Crippen LogP contribution is -2.45. The lowest BCUT2D eigenvalue weighted by atomic mass is 9.74. The molecular weight excluding hydrogens is 362 g/mol. The number of methoxy groups -OCH3 is 1. The minimum Gasteiger partial charge on any atom is -0.497 e. The fraction of sp³-hybridized carbons (Fsp3) is 0.450. The first-order chi connectivity index (χ1) is 13.4. The van der Waals surface area contributed by atoms with Gasteiger partial charge in [0, 0.05) is 31.3 Å². The van der Waals surface area contributed by atoms with E-state index in [4.69, 9.17) is 9.47 Å². The smallest absolute Gasteiger partial charge is 0.311 e. The average Bonchev–Trinajstić information content (AvgIpc) is 3.29. The van der Waals surface area contributed by atoms with Gasteiger partial charge in [-0.25, -0.2) is 4.68 Å². The Morgan fingerprint density at radius 2 is 2.07 bits per heavy atom. The van der Waals surface area contributed by atoms with Crippen LogP contribution >= 0.6 is 0 Å². The van der Waals surface area contributed by atoms with E-state index in [1.807, 2.05) is 31.2 Å². The van der Waals surface area contributed by atoms with Gasteiger partial charge in [-0.15, -0.1) is 0 Å². The maximum absolute atomic E-state index is 13.0. The molecule has 2 aliphatic heterocycles. The predicted molar refractivity (Wildman–Crippen MR) is 99.8 cm³/mol. The maximum atomic E-state index is 13.0. The minimum absolute atomic E-state index is 0.188. The van der Waals surface area contributed by atoms with Gasteiger partial charge >= 0.3 is 5.97 Å². The number of carboxylic acids is 1. The molecule has 2 saturated heterocycles. The molecule has 1 aromatic heterocycles. The number of fused-ring (bicyclic) bond motifs is 1. The van der Waals surface area contributed by atoms with Gasteiger partial charge in [0.1, 0.15) is 5.75 Å². The van der Waals surface area contributed by atoms with Gasteiger partial charge in [-0.1, -0.05) is 0 Å². The normalized spacial score (nSPS) is 24.1. The molecule has 2 fully saturated rings. The Kier molecular flexibility index (Phi) is 4.58. The largest absolute Gasteiger partial charge is 0.497 e. The highest BCUT2D eigenvalue weighted by atomic mass is 16.5. The number of ether oxygens (including phenoxy) is 2. The third-order valence-corrected chi connectivity index (χ3v) is 5.84. The summed E-state index contributed by atoms with van der Waals surface area (Å²) in [7, 11) is 1.60. The second-order valence-electron chi connectivity index (χ2n) is 7.45. The SMILES string of the molecule is COc1ccc(-n2nc(C(=O)N3C[C@H]4COCC[C@@]4(C(=O)O)C3)cc2C)cc1. The summed E-state index contributed by atoms with van der Waals surface area (Å²) in [4.78, 5) is 26.6. The highest BCUT2D eigenvalue weighted by Gasteiger charge is 2.55. The predicted octanol–water partition coefficient (Wildman–Crippen LogP) is 1.75. The van der Waals surface area contributed by atoms with Crippen molar-refractivity contribution in [3.63, 3.8) is 0 Å². The number of hydrogen-bond acceptors (Lipinski definition) is 5. The maximum Gasteiger partial charge on any atom is 0.311 e. The fourth-order valence-electron chi connectivity index (χ4n) is 4.18. The van der Waals surface area contributed by atoms with Gasteiger partial charge in [-0.3, -0.25) is 9.59 Å². The Morgan fingerprint density at radius 3 is 2.71 bits per heavy atom. The van der Waals surface area contributed by atoms with Crippen molar-refractivity contribution in [3.8, 4) is 11.4 Å². The molecule has 8 heteroatoms. The van der Waals surface area contributed by atoms with Crippen LogP contribution in [0.3, 0.4) is 0 Å². The van der Waals surface area contributed by atoms with Crippen LogP contribution in [0, 0.1) is 18.3 Å². The van der Waals surface area contributed by atoms with E-state index in [1.54, 1.807) is 22.8 Å². The summed E-state index contributed by atoms with van der Waals surface area (Å²) in [5.74, 6) is -0.542. The van der Waals surface area contributed by atoms with E-state index in [9.17, 15) is 14.7 Å². The summed E-state index contributed by atoms with van der Waals surface area (Å²) in [5, 5.41) is 14.3. The van der Waals surface area contributed by atoms with Crippen LogP contribution in [0.1, 0.15) is 22.6 Å². The summed E-state index contributed by atoms with van der Waals surface area (Å²) in [6.45, 7) is 3.24. The lowest BCUT2D eigenvalue weighted by Gasteiger charge is -2.33. The molecule has 0 bridgehead atoms. The van der Waals surface area contributed by atoms with E-state index >= 15 is 0 Å².